The van der Waals surface area contributed by atoms with E-state index in [9.17, 15) is 5.26 Å². The van der Waals surface area contributed by atoms with Crippen LogP contribution in [0.25, 0.3) is 0 Å². The van der Waals surface area contributed by atoms with Crippen LogP contribution in [0.2, 0.25) is 5.02 Å². The van der Waals surface area contributed by atoms with Crippen molar-refractivity contribution >= 4 is 11.6 Å². The molecule has 1 aliphatic heterocycles. The Morgan fingerprint density at radius 1 is 1.29 bits per heavy atom. The molecule has 1 fully saturated rings. The van der Waals surface area contributed by atoms with Crippen LogP contribution in [-0.2, 0) is 16.1 Å². The molecule has 0 aliphatic carbocycles. The van der Waals surface area contributed by atoms with Crippen LogP contribution in [0.4, 0.5) is 0 Å². The fraction of sp³-hybridized carbons (Fsp3) is 0.588. The molecule has 1 heterocycles. The minimum atomic E-state index is -0.635. The molecular formula is C17H22ClNO2. The SMILES string of the molecule is CCC1(C#N)CCC(CC)(COCc2ccccc2Cl)O1. The summed E-state index contributed by atoms with van der Waals surface area (Å²) in [7, 11) is 0. The number of rotatable bonds is 6. The first-order valence-electron chi connectivity index (χ1n) is 7.51. The first-order chi connectivity index (χ1) is 10.1. The normalized spacial score (nSPS) is 28.5. The fourth-order valence-electron chi connectivity index (χ4n) is 2.77. The van der Waals surface area contributed by atoms with E-state index in [1.54, 1.807) is 0 Å². The van der Waals surface area contributed by atoms with Crippen LogP contribution in [0.5, 0.6) is 0 Å². The van der Waals surface area contributed by atoms with Crippen molar-refractivity contribution in [3.8, 4) is 6.07 Å². The second kappa shape index (κ2) is 6.79. The monoisotopic (exact) mass is 307 g/mol. The Morgan fingerprint density at radius 3 is 2.62 bits per heavy atom. The molecule has 0 saturated carbocycles. The molecular weight excluding hydrogens is 286 g/mol. The average Bonchev–Trinajstić information content (AvgIpc) is 2.90. The van der Waals surface area contributed by atoms with Gasteiger partial charge in [0.05, 0.1) is 24.9 Å². The van der Waals surface area contributed by atoms with Crippen molar-refractivity contribution in [1.82, 2.24) is 0 Å². The van der Waals surface area contributed by atoms with Gasteiger partial charge in [0.2, 0.25) is 0 Å². The van der Waals surface area contributed by atoms with Crippen molar-refractivity contribution in [3.63, 3.8) is 0 Å². The van der Waals surface area contributed by atoms with Gasteiger partial charge in [-0.2, -0.15) is 5.26 Å². The summed E-state index contributed by atoms with van der Waals surface area (Å²) in [6.45, 7) is 5.05. The third-order valence-electron chi connectivity index (χ3n) is 4.40. The van der Waals surface area contributed by atoms with Crippen LogP contribution in [0.1, 0.15) is 45.1 Å². The van der Waals surface area contributed by atoms with Gasteiger partial charge < -0.3 is 9.47 Å². The highest BCUT2D eigenvalue weighted by Crippen LogP contribution is 2.41. The van der Waals surface area contributed by atoms with Crippen LogP contribution in [0.3, 0.4) is 0 Å². The molecule has 1 aliphatic rings. The molecule has 2 atom stereocenters. The second-order valence-corrected chi connectivity index (χ2v) is 6.09. The summed E-state index contributed by atoms with van der Waals surface area (Å²) >= 11 is 6.12. The molecule has 3 nitrogen and oxygen atoms in total. The van der Waals surface area contributed by atoms with Gasteiger partial charge in [-0.3, -0.25) is 0 Å². The second-order valence-electron chi connectivity index (χ2n) is 5.68. The molecule has 2 unspecified atom stereocenters. The van der Waals surface area contributed by atoms with E-state index in [-0.39, 0.29) is 5.60 Å². The third kappa shape index (κ3) is 3.58. The highest BCUT2D eigenvalue weighted by Gasteiger charge is 2.47. The molecule has 0 N–H and O–H groups in total. The Hall–Kier alpha value is -1.08. The summed E-state index contributed by atoms with van der Waals surface area (Å²) in [6.07, 6.45) is 3.21. The molecule has 1 saturated heterocycles. The third-order valence-corrected chi connectivity index (χ3v) is 4.76. The summed E-state index contributed by atoms with van der Waals surface area (Å²) in [5.74, 6) is 0. The highest BCUT2D eigenvalue weighted by molar-refractivity contribution is 6.31. The first-order valence-corrected chi connectivity index (χ1v) is 7.89. The lowest BCUT2D eigenvalue weighted by atomic mass is 9.94. The fourth-order valence-corrected chi connectivity index (χ4v) is 2.96. The van der Waals surface area contributed by atoms with Crippen LogP contribution in [-0.4, -0.2) is 17.8 Å². The Bertz CT molecular complexity index is 528. The predicted octanol–water partition coefficient (Wildman–Crippen LogP) is 4.49. The van der Waals surface area contributed by atoms with E-state index >= 15 is 0 Å². The molecule has 0 radical (unpaired) electrons. The van der Waals surface area contributed by atoms with Gasteiger partial charge in [-0.05, 0) is 37.3 Å². The van der Waals surface area contributed by atoms with Crippen LogP contribution in [0, 0.1) is 11.3 Å². The molecule has 1 aromatic rings. The van der Waals surface area contributed by atoms with E-state index in [0.29, 0.717) is 13.2 Å². The lowest BCUT2D eigenvalue weighted by Gasteiger charge is -2.30. The standard InChI is InChI=1S/C17H22ClNO2/c1-3-16(12-19)9-10-17(4-2,21-16)13-20-11-14-7-5-6-8-15(14)18/h5-8H,3-4,9-11,13H2,1-2H3. The van der Waals surface area contributed by atoms with Crippen molar-refractivity contribution in [2.75, 3.05) is 6.61 Å². The molecule has 0 bridgehead atoms. The van der Waals surface area contributed by atoms with Gasteiger partial charge in [0.15, 0.2) is 5.60 Å². The number of hydrogen-bond donors (Lipinski definition) is 0. The number of benzene rings is 1. The van der Waals surface area contributed by atoms with Crippen LogP contribution in [0.15, 0.2) is 24.3 Å². The number of nitrogens with zero attached hydrogens (tertiary/aromatic N) is 1. The summed E-state index contributed by atoms with van der Waals surface area (Å²) in [4.78, 5) is 0. The maximum absolute atomic E-state index is 9.35. The smallest absolute Gasteiger partial charge is 0.154 e. The minimum Gasteiger partial charge on any atom is -0.374 e. The summed E-state index contributed by atoms with van der Waals surface area (Å²) in [6, 6.07) is 10.0. The van der Waals surface area contributed by atoms with E-state index in [2.05, 4.69) is 13.0 Å². The Kier molecular flexibility index (Phi) is 5.27. The van der Waals surface area contributed by atoms with Gasteiger partial charge in [-0.15, -0.1) is 0 Å². The predicted molar refractivity (Wildman–Crippen MR) is 83.1 cm³/mol. The Balaban J connectivity index is 1.95. The van der Waals surface area contributed by atoms with Gasteiger partial charge in [0, 0.05) is 5.02 Å². The van der Waals surface area contributed by atoms with Crippen molar-refractivity contribution < 1.29 is 9.47 Å². The van der Waals surface area contributed by atoms with Crippen molar-refractivity contribution in [1.29, 1.82) is 5.26 Å². The van der Waals surface area contributed by atoms with E-state index in [1.807, 2.05) is 31.2 Å². The minimum absolute atomic E-state index is 0.340. The largest absolute Gasteiger partial charge is 0.374 e. The molecule has 0 aromatic heterocycles. The van der Waals surface area contributed by atoms with Gasteiger partial charge in [0.1, 0.15) is 0 Å². The molecule has 114 valence electrons. The zero-order chi connectivity index (χ0) is 15.3. The highest BCUT2D eigenvalue weighted by atomic mass is 35.5. The van der Waals surface area contributed by atoms with Crippen molar-refractivity contribution in [2.24, 2.45) is 0 Å². The van der Waals surface area contributed by atoms with Gasteiger partial charge >= 0.3 is 0 Å². The van der Waals surface area contributed by atoms with E-state index in [4.69, 9.17) is 21.1 Å². The van der Waals surface area contributed by atoms with Gasteiger partial charge in [-0.25, -0.2) is 0 Å². The topological polar surface area (TPSA) is 42.2 Å². The summed E-state index contributed by atoms with van der Waals surface area (Å²) < 4.78 is 12.0. The lowest BCUT2D eigenvalue weighted by Crippen LogP contribution is -2.38. The zero-order valence-corrected chi connectivity index (χ0v) is 13.4. The summed E-state index contributed by atoms with van der Waals surface area (Å²) in [5, 5.41) is 10.1. The maximum Gasteiger partial charge on any atom is 0.154 e. The molecule has 1 aromatic carbocycles. The molecule has 0 amide bonds. The average molecular weight is 308 g/mol. The van der Waals surface area contributed by atoms with E-state index in [1.165, 1.54) is 0 Å². The Morgan fingerprint density at radius 2 is 2.05 bits per heavy atom. The lowest BCUT2D eigenvalue weighted by molar-refractivity contribution is -0.120. The van der Waals surface area contributed by atoms with E-state index in [0.717, 1.165) is 36.3 Å². The van der Waals surface area contributed by atoms with Crippen LogP contribution < -0.4 is 0 Å². The quantitative estimate of drug-likeness (QED) is 0.777. The Labute approximate surface area is 131 Å². The number of ether oxygens (including phenoxy) is 2. The van der Waals surface area contributed by atoms with Gasteiger partial charge in [0.25, 0.3) is 0 Å². The van der Waals surface area contributed by atoms with Crippen LogP contribution >= 0.6 is 11.6 Å². The first kappa shape index (κ1) is 16.3. The maximum atomic E-state index is 9.35. The number of halogens is 1. The number of hydrogen-bond acceptors (Lipinski definition) is 3. The van der Waals surface area contributed by atoms with E-state index < -0.39 is 5.60 Å². The molecule has 4 heteroatoms. The summed E-state index contributed by atoms with van der Waals surface area (Å²) in [5.41, 5.74) is 0.00183. The van der Waals surface area contributed by atoms with Crippen molar-refractivity contribution in [2.45, 2.75) is 57.3 Å². The van der Waals surface area contributed by atoms with Gasteiger partial charge in [-0.1, -0.05) is 43.6 Å². The molecule has 2 rings (SSSR count). The zero-order valence-electron chi connectivity index (χ0n) is 12.7. The molecule has 21 heavy (non-hydrogen) atoms. The molecule has 0 spiro atoms. The van der Waals surface area contributed by atoms with Crippen molar-refractivity contribution in [3.05, 3.63) is 34.9 Å². The number of nitriles is 1.